The monoisotopic (exact) mass is 360 g/mol. The molecule has 0 amide bonds. The quantitative estimate of drug-likeness (QED) is 0.645. The number of aliphatic hydroxyl groups is 1. The lowest BCUT2D eigenvalue weighted by molar-refractivity contribution is 0.281. The van der Waals surface area contributed by atoms with Gasteiger partial charge in [-0.1, -0.05) is 68.7 Å². The van der Waals surface area contributed by atoms with Crippen LogP contribution in [0.15, 0.2) is 48.5 Å². The highest BCUT2D eigenvalue weighted by molar-refractivity contribution is 7.64. The van der Waals surface area contributed by atoms with Gasteiger partial charge in [-0.25, -0.2) is 0 Å². The zero-order chi connectivity index (χ0) is 18.3. The van der Waals surface area contributed by atoms with Gasteiger partial charge in [0.25, 0.3) is 0 Å². The molecule has 0 radical (unpaired) electrons. The third kappa shape index (κ3) is 6.45. The molecule has 2 aromatic rings. The predicted molar refractivity (Wildman–Crippen MR) is 107 cm³/mol. The molecule has 0 aliphatic rings. The highest BCUT2D eigenvalue weighted by Crippen LogP contribution is 2.47. The van der Waals surface area contributed by atoms with Crippen molar-refractivity contribution in [3.05, 3.63) is 70.8 Å². The Bertz CT molecular complexity index is 725. The van der Waals surface area contributed by atoms with Crippen molar-refractivity contribution >= 4 is 13.6 Å². The molecule has 2 N–H and O–H groups in total. The first-order valence-corrected chi connectivity index (χ1v) is 10.7. The summed E-state index contributed by atoms with van der Waals surface area (Å²) in [7, 11) is -2.53. The van der Waals surface area contributed by atoms with Crippen molar-refractivity contribution in [2.24, 2.45) is 0 Å². The molecular weight excluding hydrogens is 331 g/mol. The van der Waals surface area contributed by atoms with E-state index >= 15 is 0 Å². The van der Waals surface area contributed by atoms with E-state index in [4.69, 9.17) is 4.52 Å². The van der Waals surface area contributed by atoms with Gasteiger partial charge in [0.05, 0.1) is 13.2 Å². The molecule has 0 aromatic heterocycles. The van der Waals surface area contributed by atoms with Gasteiger partial charge >= 0.3 is 0 Å². The van der Waals surface area contributed by atoms with Crippen LogP contribution in [0.25, 0.3) is 0 Å². The Morgan fingerprint density at radius 2 is 1.48 bits per heavy atom. The van der Waals surface area contributed by atoms with Crippen molar-refractivity contribution in [1.29, 1.82) is 0 Å². The predicted octanol–water partition coefficient (Wildman–Crippen LogP) is 4.55. The number of aryl methyl sites for hydroxylation is 2. The van der Waals surface area contributed by atoms with Crippen molar-refractivity contribution in [3.63, 3.8) is 0 Å². The van der Waals surface area contributed by atoms with Crippen LogP contribution in [-0.2, 0) is 30.6 Å². The van der Waals surface area contributed by atoms with Crippen LogP contribution in [0, 0.1) is 0 Å². The van der Waals surface area contributed by atoms with Gasteiger partial charge in [-0.15, -0.1) is 0 Å². The van der Waals surface area contributed by atoms with Gasteiger partial charge < -0.3 is 14.5 Å². The van der Waals surface area contributed by atoms with Crippen molar-refractivity contribution < 1.29 is 14.5 Å². The Kier molecular flexibility index (Phi) is 7.46. The van der Waals surface area contributed by atoms with Gasteiger partial charge in [-0.3, -0.25) is 0 Å². The van der Waals surface area contributed by atoms with Crippen molar-refractivity contribution in [2.45, 2.75) is 52.0 Å². The number of hydrogen-bond acceptors (Lipinski definition) is 3. The van der Waals surface area contributed by atoms with Gasteiger partial charge in [0.15, 0.2) is 0 Å². The lowest BCUT2D eigenvalue weighted by atomic mass is 10.0. The summed E-state index contributed by atoms with van der Waals surface area (Å²) in [5, 5.41) is 9.21. The summed E-state index contributed by atoms with van der Waals surface area (Å²) in [4.78, 5) is 10.2. The first kappa shape index (κ1) is 19.9. The van der Waals surface area contributed by atoms with Crippen LogP contribution in [0.2, 0.25) is 0 Å². The molecule has 0 saturated carbocycles. The maximum absolute atomic E-state index is 10.2. The Balaban J connectivity index is 1.87. The van der Waals surface area contributed by atoms with Crippen molar-refractivity contribution in [2.75, 3.05) is 0 Å². The molecule has 0 fully saturated rings. The van der Waals surface area contributed by atoms with Crippen LogP contribution in [0.3, 0.4) is 0 Å². The number of rotatable bonds is 9. The van der Waals surface area contributed by atoms with Crippen LogP contribution in [0.4, 0.5) is 0 Å². The summed E-state index contributed by atoms with van der Waals surface area (Å²) < 4.78 is 5.66. The maximum Gasteiger partial charge on any atom is 0.117 e. The lowest BCUT2D eigenvalue weighted by Crippen LogP contribution is -2.02. The first-order chi connectivity index (χ1) is 11.9. The largest absolute Gasteiger partial charge is 0.392 e. The fourth-order valence-corrected chi connectivity index (χ4v) is 3.26. The summed E-state index contributed by atoms with van der Waals surface area (Å²) in [6.45, 7) is 4.36. The minimum Gasteiger partial charge on any atom is -0.392 e. The summed E-state index contributed by atoms with van der Waals surface area (Å²) in [5.41, 5.74) is 4.61. The standard InChI is InChI=1S/C21H29O3P/c1-17(2)25(3,23)24-16-21-12-6-10-19(14-21)8-4-7-18-9-5-11-20(13-18)15-22/h5-6,9-14,17,22-23H,3-4,7-8,15-16H2,1-2H3. The minimum atomic E-state index is -2.53. The summed E-state index contributed by atoms with van der Waals surface area (Å²) >= 11 is 0. The molecule has 25 heavy (non-hydrogen) atoms. The van der Waals surface area contributed by atoms with Crippen molar-refractivity contribution in [1.82, 2.24) is 0 Å². The number of hydrogen-bond donors (Lipinski definition) is 2. The van der Waals surface area contributed by atoms with Crippen LogP contribution in [0.1, 0.15) is 42.5 Å². The number of benzene rings is 2. The van der Waals surface area contributed by atoms with E-state index < -0.39 is 7.34 Å². The molecular formula is C21H29O3P. The highest BCUT2D eigenvalue weighted by Gasteiger charge is 2.15. The van der Waals surface area contributed by atoms with Gasteiger partial charge in [0.2, 0.25) is 0 Å². The summed E-state index contributed by atoms with van der Waals surface area (Å²) in [6, 6.07) is 16.4. The smallest absolute Gasteiger partial charge is 0.117 e. The Labute approximate surface area is 151 Å². The molecule has 4 heteroatoms. The molecule has 0 aliphatic heterocycles. The maximum atomic E-state index is 10.2. The van der Waals surface area contributed by atoms with Crippen LogP contribution in [0.5, 0.6) is 0 Å². The second-order valence-electron chi connectivity index (χ2n) is 6.77. The van der Waals surface area contributed by atoms with E-state index in [1.54, 1.807) is 0 Å². The topological polar surface area (TPSA) is 49.7 Å². The minimum absolute atomic E-state index is 0.0466. The van der Waals surface area contributed by atoms with Gasteiger partial charge in [0, 0.05) is 5.66 Å². The van der Waals surface area contributed by atoms with E-state index in [2.05, 4.69) is 30.6 Å². The molecule has 0 spiro atoms. The molecule has 0 heterocycles. The van der Waals surface area contributed by atoms with Crippen LogP contribution < -0.4 is 0 Å². The SMILES string of the molecule is C=P(O)(OCc1cccc(CCCc2cccc(CO)c2)c1)C(C)C. The third-order valence-corrected chi connectivity index (χ3v) is 6.55. The first-order valence-electron chi connectivity index (χ1n) is 8.77. The summed E-state index contributed by atoms with van der Waals surface area (Å²) in [5.74, 6) is 0. The molecule has 0 saturated heterocycles. The second kappa shape index (κ2) is 9.35. The van der Waals surface area contributed by atoms with Gasteiger partial charge in [-0.05, 0) is 41.5 Å². The second-order valence-corrected chi connectivity index (χ2v) is 9.58. The normalized spacial score (nSPS) is 13.8. The molecule has 1 unspecified atom stereocenters. The average molecular weight is 360 g/mol. The zero-order valence-electron chi connectivity index (χ0n) is 15.2. The van der Waals surface area contributed by atoms with Crippen LogP contribution in [-0.4, -0.2) is 22.0 Å². The summed E-state index contributed by atoms with van der Waals surface area (Å²) in [6.07, 6.45) is 6.87. The average Bonchev–Trinajstić information content (AvgIpc) is 2.60. The fourth-order valence-electron chi connectivity index (χ4n) is 2.59. The van der Waals surface area contributed by atoms with E-state index in [1.165, 1.54) is 11.1 Å². The number of aliphatic hydroxyl groups excluding tert-OH is 1. The molecule has 0 aliphatic carbocycles. The van der Waals surface area contributed by atoms with E-state index in [-0.39, 0.29) is 12.3 Å². The third-order valence-electron chi connectivity index (χ3n) is 4.36. The van der Waals surface area contributed by atoms with Gasteiger partial charge in [-0.2, -0.15) is 0 Å². The lowest BCUT2D eigenvalue weighted by Gasteiger charge is -2.22. The van der Waals surface area contributed by atoms with Gasteiger partial charge in [0.1, 0.15) is 7.34 Å². The van der Waals surface area contributed by atoms with Crippen molar-refractivity contribution in [3.8, 4) is 0 Å². The molecule has 136 valence electrons. The zero-order valence-corrected chi connectivity index (χ0v) is 16.1. The Morgan fingerprint density at radius 1 is 0.960 bits per heavy atom. The van der Waals surface area contributed by atoms with E-state index in [0.717, 1.165) is 30.4 Å². The van der Waals surface area contributed by atoms with E-state index in [0.29, 0.717) is 6.61 Å². The van der Waals surface area contributed by atoms with E-state index in [9.17, 15) is 10.00 Å². The highest BCUT2D eigenvalue weighted by atomic mass is 31.2. The molecule has 3 nitrogen and oxygen atoms in total. The molecule has 0 bridgehead atoms. The Hall–Kier alpha value is -1.38. The molecule has 2 aromatic carbocycles. The molecule has 1 atom stereocenters. The fraction of sp³-hybridized carbons (Fsp3) is 0.381. The van der Waals surface area contributed by atoms with E-state index in [1.807, 2.05) is 38.1 Å². The Morgan fingerprint density at radius 3 is 2.04 bits per heavy atom. The van der Waals surface area contributed by atoms with Crippen LogP contribution >= 0.6 is 7.34 Å². The molecule has 2 rings (SSSR count).